The van der Waals surface area contributed by atoms with Crippen molar-refractivity contribution in [1.29, 1.82) is 0 Å². The van der Waals surface area contributed by atoms with Crippen LogP contribution in [0.3, 0.4) is 0 Å². The molecular formula is C18H25N3O3. The molecular weight excluding hydrogens is 306 g/mol. The highest BCUT2D eigenvalue weighted by Gasteiger charge is 2.45. The number of amides is 2. The van der Waals surface area contributed by atoms with Gasteiger partial charge < -0.3 is 19.3 Å². The number of rotatable bonds is 3. The van der Waals surface area contributed by atoms with E-state index in [0.29, 0.717) is 19.8 Å². The summed E-state index contributed by atoms with van der Waals surface area (Å²) in [5.41, 5.74) is 1.05. The Morgan fingerprint density at radius 2 is 2.17 bits per heavy atom. The first kappa shape index (κ1) is 15.8. The average Bonchev–Trinajstić information content (AvgIpc) is 3.22. The van der Waals surface area contributed by atoms with E-state index in [9.17, 15) is 4.79 Å². The van der Waals surface area contributed by atoms with Gasteiger partial charge in [-0.1, -0.05) is 6.07 Å². The zero-order valence-electron chi connectivity index (χ0n) is 14.0. The first-order valence-corrected chi connectivity index (χ1v) is 9.00. The molecule has 6 heteroatoms. The van der Waals surface area contributed by atoms with Crippen LogP contribution < -0.4 is 0 Å². The van der Waals surface area contributed by atoms with Crippen LogP contribution in [0.25, 0.3) is 0 Å². The Morgan fingerprint density at radius 3 is 2.96 bits per heavy atom. The summed E-state index contributed by atoms with van der Waals surface area (Å²) in [6, 6.07) is 4.22. The second-order valence-electron chi connectivity index (χ2n) is 6.86. The third kappa shape index (κ3) is 3.13. The number of hydrogen-bond acceptors (Lipinski definition) is 4. The molecule has 130 valence electrons. The topological polar surface area (TPSA) is 54.9 Å². The maximum Gasteiger partial charge on any atom is 0.320 e. The summed E-state index contributed by atoms with van der Waals surface area (Å²) < 4.78 is 12.2. The Bertz CT molecular complexity index is 562. The van der Waals surface area contributed by atoms with Crippen LogP contribution in [-0.2, 0) is 16.1 Å². The molecule has 3 atom stereocenters. The van der Waals surface area contributed by atoms with Crippen molar-refractivity contribution in [1.82, 2.24) is 14.8 Å². The fourth-order valence-electron chi connectivity index (χ4n) is 4.11. The Kier molecular flexibility index (Phi) is 4.67. The molecule has 3 heterocycles. The summed E-state index contributed by atoms with van der Waals surface area (Å²) in [6.45, 7) is 3.55. The molecule has 1 aromatic heterocycles. The molecule has 2 bridgehead atoms. The van der Waals surface area contributed by atoms with Gasteiger partial charge in [0.1, 0.15) is 6.10 Å². The average molecular weight is 331 g/mol. The van der Waals surface area contributed by atoms with Gasteiger partial charge in [-0.3, -0.25) is 4.98 Å². The lowest BCUT2D eigenvalue weighted by Crippen LogP contribution is -2.51. The number of likely N-dealkylation sites (tertiary alicyclic amines) is 1. The first-order chi connectivity index (χ1) is 11.8. The lowest BCUT2D eigenvalue weighted by Gasteiger charge is -2.34. The largest absolute Gasteiger partial charge is 0.374 e. The van der Waals surface area contributed by atoms with Crippen LogP contribution in [0, 0.1) is 0 Å². The fourth-order valence-corrected chi connectivity index (χ4v) is 4.11. The molecule has 1 aromatic rings. The van der Waals surface area contributed by atoms with Crippen molar-refractivity contribution in [2.24, 2.45) is 0 Å². The summed E-state index contributed by atoms with van der Waals surface area (Å²) in [6.07, 6.45) is 7.80. The highest BCUT2D eigenvalue weighted by molar-refractivity contribution is 5.75. The summed E-state index contributed by atoms with van der Waals surface area (Å²) in [5, 5.41) is 0. The number of fused-ring (bicyclic) bond motifs is 2. The smallest absolute Gasteiger partial charge is 0.320 e. The molecule has 1 aliphatic carbocycles. The highest BCUT2D eigenvalue weighted by Crippen LogP contribution is 2.33. The van der Waals surface area contributed by atoms with Gasteiger partial charge >= 0.3 is 6.03 Å². The van der Waals surface area contributed by atoms with E-state index >= 15 is 0 Å². The van der Waals surface area contributed by atoms with Gasteiger partial charge in [-0.15, -0.1) is 0 Å². The molecule has 6 nitrogen and oxygen atoms in total. The number of nitrogens with zero attached hydrogens (tertiary/aromatic N) is 3. The van der Waals surface area contributed by atoms with E-state index < -0.39 is 0 Å². The van der Waals surface area contributed by atoms with Gasteiger partial charge in [0.15, 0.2) is 0 Å². The van der Waals surface area contributed by atoms with Crippen LogP contribution in [0.15, 0.2) is 24.5 Å². The molecule has 3 fully saturated rings. The number of aromatic nitrogens is 1. The number of carbonyl (C=O) groups excluding carboxylic acids is 1. The molecule has 0 aromatic carbocycles. The van der Waals surface area contributed by atoms with Crippen LogP contribution in [0.5, 0.6) is 0 Å². The predicted molar refractivity (Wildman–Crippen MR) is 88.5 cm³/mol. The van der Waals surface area contributed by atoms with Gasteiger partial charge in [0.2, 0.25) is 0 Å². The van der Waals surface area contributed by atoms with E-state index in [2.05, 4.69) is 4.98 Å². The molecule has 0 radical (unpaired) electrons. The molecule has 2 saturated heterocycles. The Morgan fingerprint density at radius 1 is 1.29 bits per heavy atom. The van der Waals surface area contributed by atoms with E-state index in [0.717, 1.165) is 44.3 Å². The summed E-state index contributed by atoms with van der Waals surface area (Å²) in [5.74, 6) is 0. The van der Waals surface area contributed by atoms with Crippen molar-refractivity contribution in [3.05, 3.63) is 30.1 Å². The zero-order chi connectivity index (χ0) is 16.4. The normalized spacial score (nSPS) is 29.8. The number of carbonyl (C=O) groups is 1. The van der Waals surface area contributed by atoms with Crippen molar-refractivity contribution in [2.75, 3.05) is 26.2 Å². The van der Waals surface area contributed by atoms with Gasteiger partial charge in [0.05, 0.1) is 25.4 Å². The van der Waals surface area contributed by atoms with E-state index in [1.54, 1.807) is 6.20 Å². The second-order valence-corrected chi connectivity index (χ2v) is 6.86. The summed E-state index contributed by atoms with van der Waals surface area (Å²) in [7, 11) is 0. The number of pyridine rings is 1. The minimum absolute atomic E-state index is 0.0424. The molecule has 3 aliphatic rings. The molecule has 4 rings (SSSR count). The molecule has 0 N–H and O–H groups in total. The lowest BCUT2D eigenvalue weighted by atomic mass is 10.1. The van der Waals surface area contributed by atoms with Gasteiger partial charge in [-0.25, -0.2) is 4.79 Å². The first-order valence-electron chi connectivity index (χ1n) is 9.00. The molecule has 2 amide bonds. The van der Waals surface area contributed by atoms with E-state index in [1.165, 1.54) is 0 Å². The fraction of sp³-hybridized carbons (Fsp3) is 0.667. The van der Waals surface area contributed by atoms with Crippen LogP contribution in [0.1, 0.15) is 31.2 Å². The van der Waals surface area contributed by atoms with Crippen LogP contribution in [0.2, 0.25) is 0 Å². The maximum atomic E-state index is 12.9. The van der Waals surface area contributed by atoms with Crippen LogP contribution in [0.4, 0.5) is 4.79 Å². The van der Waals surface area contributed by atoms with Gasteiger partial charge in [-0.2, -0.15) is 0 Å². The number of urea groups is 1. The van der Waals surface area contributed by atoms with Gasteiger partial charge in [-0.05, 0) is 37.3 Å². The monoisotopic (exact) mass is 331 g/mol. The molecule has 2 aliphatic heterocycles. The third-order valence-corrected chi connectivity index (χ3v) is 5.34. The van der Waals surface area contributed by atoms with Crippen molar-refractivity contribution < 1.29 is 14.3 Å². The predicted octanol–water partition coefficient (Wildman–Crippen LogP) is 2.05. The molecule has 1 saturated carbocycles. The highest BCUT2D eigenvalue weighted by atomic mass is 16.5. The zero-order valence-corrected chi connectivity index (χ0v) is 14.0. The van der Waals surface area contributed by atoms with Crippen molar-refractivity contribution in [2.45, 2.75) is 50.5 Å². The minimum Gasteiger partial charge on any atom is -0.374 e. The lowest BCUT2D eigenvalue weighted by molar-refractivity contribution is -0.0597. The molecule has 0 unspecified atom stereocenters. The van der Waals surface area contributed by atoms with Crippen molar-refractivity contribution in [3.63, 3.8) is 0 Å². The summed E-state index contributed by atoms with van der Waals surface area (Å²) in [4.78, 5) is 21.0. The Labute approximate surface area is 142 Å². The SMILES string of the molecule is O=C(N1CCCC1)N1CCO[C@H]2CC[C@H]1[C@@H]2OCc1cccnc1. The Balaban J connectivity index is 1.46. The van der Waals surface area contributed by atoms with E-state index in [4.69, 9.17) is 9.47 Å². The number of ether oxygens (including phenoxy) is 2. The standard InChI is InChI=1S/C18H25N3O3/c22-18(20-8-1-2-9-20)21-10-11-23-16-6-5-15(21)17(16)24-13-14-4-3-7-19-12-14/h3-4,7,12,15-17H,1-2,5-6,8-11,13H2/t15-,16-,17-/m0/s1. The quantitative estimate of drug-likeness (QED) is 0.851. The molecule has 0 spiro atoms. The molecule has 24 heavy (non-hydrogen) atoms. The van der Waals surface area contributed by atoms with Crippen LogP contribution in [-0.4, -0.2) is 65.3 Å². The maximum absolute atomic E-state index is 12.9. The van der Waals surface area contributed by atoms with Gasteiger partial charge in [0.25, 0.3) is 0 Å². The van der Waals surface area contributed by atoms with E-state index in [-0.39, 0.29) is 24.3 Å². The summed E-state index contributed by atoms with van der Waals surface area (Å²) >= 11 is 0. The van der Waals surface area contributed by atoms with Crippen molar-refractivity contribution in [3.8, 4) is 0 Å². The Hall–Kier alpha value is -1.66. The minimum atomic E-state index is -0.0424. The second kappa shape index (κ2) is 7.07. The van der Waals surface area contributed by atoms with E-state index in [1.807, 2.05) is 28.1 Å². The van der Waals surface area contributed by atoms with Gasteiger partial charge in [0, 0.05) is 32.0 Å². The van der Waals surface area contributed by atoms with Crippen LogP contribution >= 0.6 is 0 Å². The third-order valence-electron chi connectivity index (χ3n) is 5.34. The number of hydrogen-bond donors (Lipinski definition) is 0. The van der Waals surface area contributed by atoms with Crippen molar-refractivity contribution >= 4 is 6.03 Å².